The number of nitrogens with zero attached hydrogens (tertiary/aromatic N) is 2. The molecule has 1 aliphatic carbocycles. The first-order valence-electron chi connectivity index (χ1n) is 9.05. The summed E-state index contributed by atoms with van der Waals surface area (Å²) in [6.45, 7) is 0.880. The number of benzene rings is 1. The van der Waals surface area contributed by atoms with E-state index < -0.39 is 0 Å². The van der Waals surface area contributed by atoms with Gasteiger partial charge >= 0.3 is 0 Å². The molecule has 1 aromatic heterocycles. The highest BCUT2D eigenvalue weighted by Gasteiger charge is 2.32. The van der Waals surface area contributed by atoms with Crippen LogP contribution in [0.4, 0.5) is 0 Å². The Kier molecular flexibility index (Phi) is 4.06. The molecule has 4 nitrogen and oxygen atoms in total. The van der Waals surface area contributed by atoms with Crippen molar-refractivity contribution < 1.29 is 4.79 Å². The summed E-state index contributed by atoms with van der Waals surface area (Å²) in [4.78, 5) is 22.9. The van der Waals surface area contributed by atoms with Crippen LogP contribution in [0.5, 0.6) is 0 Å². The van der Waals surface area contributed by atoms with Crippen LogP contribution in [0.25, 0.3) is 11.0 Å². The van der Waals surface area contributed by atoms with E-state index in [1.807, 2.05) is 24.3 Å². The first kappa shape index (κ1) is 14.7. The number of aromatic nitrogens is 2. The third kappa shape index (κ3) is 2.99. The SMILES string of the molecule is O=C(CCC1CCCC1)N1CCC[C@@H]1c1nc2ccccc2[nH]1. The van der Waals surface area contributed by atoms with Gasteiger partial charge in [-0.2, -0.15) is 0 Å². The number of hydrogen-bond acceptors (Lipinski definition) is 2. The Balaban J connectivity index is 1.46. The first-order chi connectivity index (χ1) is 11.3. The number of amides is 1. The summed E-state index contributed by atoms with van der Waals surface area (Å²) in [5.41, 5.74) is 2.06. The monoisotopic (exact) mass is 311 g/mol. The summed E-state index contributed by atoms with van der Waals surface area (Å²) in [7, 11) is 0. The number of nitrogens with one attached hydrogen (secondary N) is 1. The Bertz CT molecular complexity index is 654. The topological polar surface area (TPSA) is 49.0 Å². The molecule has 1 amide bonds. The lowest BCUT2D eigenvalue weighted by molar-refractivity contribution is -0.132. The maximum absolute atomic E-state index is 12.7. The molecule has 0 radical (unpaired) electrons. The second kappa shape index (κ2) is 6.34. The molecular weight excluding hydrogens is 286 g/mol. The molecule has 1 saturated carbocycles. The van der Waals surface area contributed by atoms with Crippen LogP contribution in [0.15, 0.2) is 24.3 Å². The fraction of sp³-hybridized carbons (Fsp3) is 0.579. The van der Waals surface area contributed by atoms with Gasteiger partial charge in [-0.05, 0) is 37.3 Å². The molecule has 1 saturated heterocycles. The number of imidazole rings is 1. The quantitative estimate of drug-likeness (QED) is 0.920. The van der Waals surface area contributed by atoms with Crippen LogP contribution >= 0.6 is 0 Å². The standard InChI is InChI=1S/C19H25N3O/c23-18(12-11-14-6-1-2-7-14)22-13-5-10-17(22)19-20-15-8-3-4-9-16(15)21-19/h3-4,8-9,14,17H,1-2,5-7,10-13H2,(H,20,21)/t17-/m1/s1. The van der Waals surface area contributed by atoms with Gasteiger partial charge in [0.25, 0.3) is 0 Å². The molecule has 0 bridgehead atoms. The van der Waals surface area contributed by atoms with Crippen molar-refractivity contribution in [2.24, 2.45) is 5.92 Å². The zero-order valence-electron chi connectivity index (χ0n) is 13.6. The van der Waals surface area contributed by atoms with Crippen molar-refractivity contribution >= 4 is 16.9 Å². The van der Waals surface area contributed by atoms with E-state index in [2.05, 4.69) is 9.88 Å². The van der Waals surface area contributed by atoms with Crippen molar-refractivity contribution in [1.29, 1.82) is 0 Å². The van der Waals surface area contributed by atoms with Gasteiger partial charge in [-0.25, -0.2) is 4.98 Å². The summed E-state index contributed by atoms with van der Waals surface area (Å²) >= 11 is 0. The zero-order valence-corrected chi connectivity index (χ0v) is 13.6. The lowest BCUT2D eigenvalue weighted by Crippen LogP contribution is -2.31. The number of H-pyrrole nitrogens is 1. The van der Waals surface area contributed by atoms with Crippen molar-refractivity contribution in [3.8, 4) is 0 Å². The van der Waals surface area contributed by atoms with E-state index in [4.69, 9.17) is 4.98 Å². The molecule has 2 heterocycles. The average molecular weight is 311 g/mol. The predicted molar refractivity (Wildman–Crippen MR) is 91.0 cm³/mol. The number of hydrogen-bond donors (Lipinski definition) is 1. The number of carbonyl (C=O) groups is 1. The van der Waals surface area contributed by atoms with Gasteiger partial charge in [-0.3, -0.25) is 4.79 Å². The van der Waals surface area contributed by atoms with Gasteiger partial charge in [-0.15, -0.1) is 0 Å². The zero-order chi connectivity index (χ0) is 15.6. The molecule has 122 valence electrons. The van der Waals surface area contributed by atoms with E-state index in [0.29, 0.717) is 12.3 Å². The van der Waals surface area contributed by atoms with Crippen LogP contribution in [-0.4, -0.2) is 27.3 Å². The van der Waals surface area contributed by atoms with E-state index in [-0.39, 0.29) is 6.04 Å². The predicted octanol–water partition coefficient (Wildman–Crippen LogP) is 4.20. The maximum Gasteiger partial charge on any atom is 0.223 e. The molecule has 1 N–H and O–H groups in total. The van der Waals surface area contributed by atoms with Crippen LogP contribution < -0.4 is 0 Å². The van der Waals surface area contributed by atoms with Crippen molar-refractivity contribution in [2.45, 2.75) is 57.4 Å². The lowest BCUT2D eigenvalue weighted by Gasteiger charge is -2.23. The summed E-state index contributed by atoms with van der Waals surface area (Å²) in [6, 6.07) is 8.23. The molecule has 1 aliphatic heterocycles. The van der Waals surface area contributed by atoms with Crippen molar-refractivity contribution in [3.63, 3.8) is 0 Å². The highest BCUT2D eigenvalue weighted by Crippen LogP contribution is 2.33. The Morgan fingerprint density at radius 2 is 2.00 bits per heavy atom. The lowest BCUT2D eigenvalue weighted by atomic mass is 10.0. The van der Waals surface area contributed by atoms with Gasteiger partial charge in [0.05, 0.1) is 17.1 Å². The van der Waals surface area contributed by atoms with Crippen molar-refractivity contribution in [3.05, 3.63) is 30.1 Å². The minimum Gasteiger partial charge on any atom is -0.340 e. The Morgan fingerprint density at radius 1 is 1.17 bits per heavy atom. The van der Waals surface area contributed by atoms with Crippen molar-refractivity contribution in [1.82, 2.24) is 14.9 Å². The molecule has 2 fully saturated rings. The minimum atomic E-state index is 0.137. The van der Waals surface area contributed by atoms with Gasteiger partial charge in [0, 0.05) is 13.0 Å². The van der Waals surface area contributed by atoms with Crippen molar-refractivity contribution in [2.75, 3.05) is 6.54 Å². The summed E-state index contributed by atoms with van der Waals surface area (Å²) in [5.74, 6) is 2.06. The van der Waals surface area contributed by atoms with Crippen LogP contribution in [0.1, 0.15) is 63.2 Å². The maximum atomic E-state index is 12.7. The van der Waals surface area contributed by atoms with Gasteiger partial charge in [0.1, 0.15) is 5.82 Å². The number of likely N-dealkylation sites (tertiary alicyclic amines) is 1. The van der Waals surface area contributed by atoms with E-state index in [9.17, 15) is 4.79 Å². The Labute approximate surface area is 137 Å². The smallest absolute Gasteiger partial charge is 0.223 e. The average Bonchev–Trinajstić information content (AvgIpc) is 3.31. The fourth-order valence-corrected chi connectivity index (χ4v) is 4.25. The molecule has 23 heavy (non-hydrogen) atoms. The third-order valence-corrected chi connectivity index (χ3v) is 5.54. The normalized spacial score (nSPS) is 22.3. The van der Waals surface area contributed by atoms with E-state index in [1.54, 1.807) is 0 Å². The molecule has 0 unspecified atom stereocenters. The molecular formula is C19H25N3O. The van der Waals surface area contributed by atoms with Gasteiger partial charge in [-0.1, -0.05) is 37.8 Å². The van der Waals surface area contributed by atoms with Gasteiger partial charge < -0.3 is 9.88 Å². The number of carbonyl (C=O) groups excluding carboxylic acids is 1. The summed E-state index contributed by atoms with van der Waals surface area (Å²) < 4.78 is 0. The summed E-state index contributed by atoms with van der Waals surface area (Å²) in [5, 5.41) is 0. The van der Waals surface area contributed by atoms with Crippen LogP contribution in [0.2, 0.25) is 0 Å². The van der Waals surface area contributed by atoms with E-state index in [1.165, 1.54) is 25.7 Å². The second-order valence-corrected chi connectivity index (χ2v) is 7.07. The molecule has 2 aliphatic rings. The molecule has 4 heteroatoms. The highest BCUT2D eigenvalue weighted by molar-refractivity contribution is 5.78. The fourth-order valence-electron chi connectivity index (χ4n) is 4.25. The van der Waals surface area contributed by atoms with E-state index in [0.717, 1.165) is 48.6 Å². The molecule has 1 atom stereocenters. The van der Waals surface area contributed by atoms with Crippen LogP contribution in [0.3, 0.4) is 0 Å². The minimum absolute atomic E-state index is 0.137. The molecule has 2 aromatic rings. The van der Waals surface area contributed by atoms with E-state index >= 15 is 0 Å². The third-order valence-electron chi connectivity index (χ3n) is 5.54. The van der Waals surface area contributed by atoms with Gasteiger partial charge in [0.15, 0.2) is 0 Å². The Hall–Kier alpha value is -1.84. The number of fused-ring (bicyclic) bond motifs is 1. The highest BCUT2D eigenvalue weighted by atomic mass is 16.2. The molecule has 4 rings (SSSR count). The van der Waals surface area contributed by atoms with Crippen LogP contribution in [-0.2, 0) is 4.79 Å². The van der Waals surface area contributed by atoms with Crippen LogP contribution in [0, 0.1) is 5.92 Å². The molecule has 1 aromatic carbocycles. The first-order valence-corrected chi connectivity index (χ1v) is 9.05. The number of aromatic amines is 1. The largest absolute Gasteiger partial charge is 0.340 e. The number of para-hydroxylation sites is 2. The molecule has 0 spiro atoms. The van der Waals surface area contributed by atoms with Gasteiger partial charge in [0.2, 0.25) is 5.91 Å². The second-order valence-electron chi connectivity index (χ2n) is 7.07. The number of rotatable bonds is 4. The summed E-state index contributed by atoms with van der Waals surface area (Å²) in [6.07, 6.45) is 9.23. The Morgan fingerprint density at radius 3 is 2.83 bits per heavy atom.